The van der Waals surface area contributed by atoms with Gasteiger partial charge in [-0.05, 0) is 71.8 Å². The molecule has 0 aromatic rings. The van der Waals surface area contributed by atoms with Crippen molar-refractivity contribution >= 4 is 5.78 Å². The molecule has 1 aliphatic carbocycles. The van der Waals surface area contributed by atoms with Gasteiger partial charge in [-0.15, -0.1) is 0 Å². The Morgan fingerprint density at radius 2 is 1.65 bits per heavy atom. The second-order valence-electron chi connectivity index (χ2n) is 6.97. The van der Waals surface area contributed by atoms with E-state index in [1.807, 2.05) is 6.08 Å². The fourth-order valence-electron chi connectivity index (χ4n) is 2.70. The Kier molecular flexibility index (Phi) is 8.61. The first-order valence-corrected chi connectivity index (χ1v) is 8.72. The predicted molar refractivity (Wildman–Crippen MR) is 101 cm³/mol. The van der Waals surface area contributed by atoms with E-state index in [9.17, 15) is 4.79 Å². The van der Waals surface area contributed by atoms with Gasteiger partial charge in [-0.2, -0.15) is 0 Å². The third-order valence-electron chi connectivity index (χ3n) is 4.33. The summed E-state index contributed by atoms with van der Waals surface area (Å²) in [4.78, 5) is 11.5. The second-order valence-corrected chi connectivity index (χ2v) is 6.97. The van der Waals surface area contributed by atoms with Gasteiger partial charge in [0.2, 0.25) is 0 Å². The Morgan fingerprint density at radius 3 is 2.30 bits per heavy atom. The maximum Gasteiger partial charge on any atom is 0.156 e. The summed E-state index contributed by atoms with van der Waals surface area (Å²) in [6, 6.07) is 0. The third kappa shape index (κ3) is 8.54. The van der Waals surface area contributed by atoms with Gasteiger partial charge in [0.1, 0.15) is 0 Å². The van der Waals surface area contributed by atoms with E-state index >= 15 is 0 Å². The molecule has 0 aliphatic heterocycles. The molecule has 23 heavy (non-hydrogen) atoms. The van der Waals surface area contributed by atoms with E-state index in [0.717, 1.165) is 37.7 Å². The summed E-state index contributed by atoms with van der Waals surface area (Å²) in [5.74, 6) is 0.521. The van der Waals surface area contributed by atoms with Crippen LogP contribution in [0.15, 0.2) is 59.3 Å². The molecule has 0 spiro atoms. The molecule has 0 heterocycles. The van der Waals surface area contributed by atoms with E-state index in [0.29, 0.717) is 12.3 Å². The van der Waals surface area contributed by atoms with Crippen LogP contribution in [0, 0.1) is 5.92 Å². The van der Waals surface area contributed by atoms with Crippen LogP contribution in [0.4, 0.5) is 0 Å². The molecule has 0 bridgehead atoms. The molecule has 0 N–H and O–H groups in total. The summed E-state index contributed by atoms with van der Waals surface area (Å²) < 4.78 is 0. The highest BCUT2D eigenvalue weighted by molar-refractivity contribution is 5.91. The quantitative estimate of drug-likeness (QED) is 0.468. The first-order valence-electron chi connectivity index (χ1n) is 8.72. The first-order chi connectivity index (χ1) is 10.9. The molecule has 1 unspecified atom stereocenters. The molecule has 1 nitrogen and oxygen atoms in total. The Hall–Kier alpha value is -1.63. The number of carbonyl (C=O) groups is 1. The van der Waals surface area contributed by atoms with E-state index in [1.165, 1.54) is 16.7 Å². The van der Waals surface area contributed by atoms with Crippen LogP contribution < -0.4 is 0 Å². The Balaban J connectivity index is 2.34. The number of hydrogen-bond acceptors (Lipinski definition) is 1. The molecule has 1 rings (SSSR count). The molecule has 0 aromatic heterocycles. The standard InChI is InChI=1S/C22H32O/c1-17(2)8-6-9-18(3)10-7-11-19(4)12-14-21-16-22(23)15-13-20(21)5/h8,10,12-13,15,21H,5-7,9,11,14,16H2,1-4H3. The lowest BCUT2D eigenvalue weighted by Gasteiger charge is -2.18. The maximum absolute atomic E-state index is 11.5. The molecular weight excluding hydrogens is 280 g/mol. The van der Waals surface area contributed by atoms with Crippen molar-refractivity contribution < 1.29 is 4.79 Å². The molecule has 1 heteroatoms. The second kappa shape index (κ2) is 10.2. The number of ketones is 1. The van der Waals surface area contributed by atoms with Gasteiger partial charge in [0.25, 0.3) is 0 Å². The number of hydrogen-bond donors (Lipinski definition) is 0. The third-order valence-corrected chi connectivity index (χ3v) is 4.33. The zero-order valence-electron chi connectivity index (χ0n) is 15.3. The Morgan fingerprint density at radius 1 is 1.04 bits per heavy atom. The Bertz CT molecular complexity index is 536. The van der Waals surface area contributed by atoms with Gasteiger partial charge >= 0.3 is 0 Å². The van der Waals surface area contributed by atoms with Crippen LogP contribution in [0.2, 0.25) is 0 Å². The topological polar surface area (TPSA) is 17.1 Å². The molecule has 0 aromatic carbocycles. The van der Waals surface area contributed by atoms with Crippen molar-refractivity contribution in [3.05, 3.63) is 59.3 Å². The van der Waals surface area contributed by atoms with Crippen LogP contribution >= 0.6 is 0 Å². The van der Waals surface area contributed by atoms with E-state index in [1.54, 1.807) is 6.08 Å². The van der Waals surface area contributed by atoms with Gasteiger partial charge in [0, 0.05) is 6.42 Å². The SMILES string of the molecule is C=C1C=CC(=O)CC1CC=C(C)CCC=C(C)CCC=C(C)C. The van der Waals surface area contributed by atoms with E-state index in [2.05, 4.69) is 52.5 Å². The monoisotopic (exact) mass is 312 g/mol. The summed E-state index contributed by atoms with van der Waals surface area (Å²) >= 11 is 0. The zero-order valence-corrected chi connectivity index (χ0v) is 15.3. The van der Waals surface area contributed by atoms with E-state index < -0.39 is 0 Å². The number of allylic oxidation sites excluding steroid dienone is 9. The fourth-order valence-corrected chi connectivity index (χ4v) is 2.70. The van der Waals surface area contributed by atoms with Crippen molar-refractivity contribution in [1.29, 1.82) is 0 Å². The van der Waals surface area contributed by atoms with Gasteiger partial charge in [0.05, 0.1) is 0 Å². The zero-order chi connectivity index (χ0) is 17.2. The molecule has 0 radical (unpaired) electrons. The highest BCUT2D eigenvalue weighted by atomic mass is 16.1. The summed E-state index contributed by atoms with van der Waals surface area (Å²) in [7, 11) is 0. The van der Waals surface area contributed by atoms with Crippen molar-refractivity contribution in [2.24, 2.45) is 5.92 Å². The lowest BCUT2D eigenvalue weighted by Crippen LogP contribution is -2.12. The minimum atomic E-state index is 0.225. The van der Waals surface area contributed by atoms with Crippen molar-refractivity contribution in [2.45, 2.75) is 66.2 Å². The lowest BCUT2D eigenvalue weighted by atomic mass is 9.86. The summed E-state index contributed by atoms with van der Waals surface area (Å²) in [6.07, 6.45) is 16.5. The van der Waals surface area contributed by atoms with Gasteiger partial charge < -0.3 is 0 Å². The largest absolute Gasteiger partial charge is 0.295 e. The first kappa shape index (κ1) is 19.4. The highest BCUT2D eigenvalue weighted by Gasteiger charge is 2.17. The summed E-state index contributed by atoms with van der Waals surface area (Å²) in [6.45, 7) is 12.8. The fraction of sp³-hybridized carbons (Fsp3) is 0.500. The average Bonchev–Trinajstić information content (AvgIpc) is 2.48. The van der Waals surface area contributed by atoms with Crippen molar-refractivity contribution in [2.75, 3.05) is 0 Å². The summed E-state index contributed by atoms with van der Waals surface area (Å²) in [5, 5.41) is 0. The molecule has 126 valence electrons. The lowest BCUT2D eigenvalue weighted by molar-refractivity contribution is -0.115. The van der Waals surface area contributed by atoms with Crippen molar-refractivity contribution in [3.8, 4) is 0 Å². The minimum Gasteiger partial charge on any atom is -0.295 e. The van der Waals surface area contributed by atoms with Crippen LogP contribution in [0.25, 0.3) is 0 Å². The highest BCUT2D eigenvalue weighted by Crippen LogP contribution is 2.25. The van der Waals surface area contributed by atoms with Crippen LogP contribution in [-0.2, 0) is 4.79 Å². The maximum atomic E-state index is 11.5. The molecule has 0 fully saturated rings. The predicted octanol–water partition coefficient (Wildman–Crippen LogP) is 6.50. The van der Waals surface area contributed by atoms with E-state index in [-0.39, 0.29) is 5.78 Å². The molecule has 0 saturated heterocycles. The van der Waals surface area contributed by atoms with Crippen LogP contribution in [0.3, 0.4) is 0 Å². The Labute approximate surface area is 142 Å². The smallest absolute Gasteiger partial charge is 0.156 e. The average molecular weight is 312 g/mol. The van der Waals surface area contributed by atoms with E-state index in [4.69, 9.17) is 0 Å². The normalized spacial score (nSPS) is 19.2. The van der Waals surface area contributed by atoms with Gasteiger partial charge in [-0.1, -0.05) is 53.2 Å². The number of carbonyl (C=O) groups excluding carboxylic acids is 1. The van der Waals surface area contributed by atoms with Crippen LogP contribution in [0.5, 0.6) is 0 Å². The molecular formula is C22H32O. The van der Waals surface area contributed by atoms with Gasteiger partial charge in [-0.25, -0.2) is 0 Å². The number of rotatable bonds is 8. The summed E-state index contributed by atoms with van der Waals surface area (Å²) in [5.41, 5.74) is 5.37. The van der Waals surface area contributed by atoms with Crippen LogP contribution in [0.1, 0.15) is 66.2 Å². The molecule has 0 amide bonds. The van der Waals surface area contributed by atoms with Crippen molar-refractivity contribution in [3.63, 3.8) is 0 Å². The minimum absolute atomic E-state index is 0.225. The van der Waals surface area contributed by atoms with Gasteiger partial charge in [-0.3, -0.25) is 4.79 Å². The van der Waals surface area contributed by atoms with Crippen molar-refractivity contribution in [1.82, 2.24) is 0 Å². The molecule has 0 saturated carbocycles. The van der Waals surface area contributed by atoms with Gasteiger partial charge in [0.15, 0.2) is 5.78 Å². The molecule has 1 atom stereocenters. The molecule has 1 aliphatic rings. The van der Waals surface area contributed by atoms with Crippen LogP contribution in [-0.4, -0.2) is 5.78 Å².